The number of fused-ring (bicyclic) bond motifs is 3. The molecular weight excluding hydrogens is 1260 g/mol. The second kappa shape index (κ2) is 29.0. The quantitative estimate of drug-likeness (QED) is 0.0150. The van der Waals surface area contributed by atoms with Gasteiger partial charge in [0.2, 0.25) is 48.1 Å². The van der Waals surface area contributed by atoms with Crippen molar-refractivity contribution in [2.45, 2.75) is 153 Å². The Kier molecular flexibility index (Phi) is 21.6. The molecule has 4 aromatic rings. The van der Waals surface area contributed by atoms with Crippen LogP contribution in [-0.2, 0) is 70.8 Å². The summed E-state index contributed by atoms with van der Waals surface area (Å²) in [6.45, 7) is 6.73. The molecule has 5 aliphatic heterocycles. The van der Waals surface area contributed by atoms with Crippen LogP contribution in [0, 0.1) is 34.8 Å². The molecule has 1 aromatic heterocycles. The van der Waals surface area contributed by atoms with Gasteiger partial charge >= 0.3 is 19.2 Å². The van der Waals surface area contributed by atoms with E-state index < -0.39 is 133 Å². The lowest BCUT2D eigenvalue weighted by Gasteiger charge is -2.38. The first kappa shape index (κ1) is 69.3. The molecule has 0 aliphatic carbocycles. The number of likely N-dealkylation sites (N-methyl/N-ethyl adjacent to an activating group) is 1. The lowest BCUT2D eigenvalue weighted by Crippen LogP contribution is -2.62. The summed E-state index contributed by atoms with van der Waals surface area (Å²) in [6, 6.07) is 5.91. The molecule has 0 bridgehead atoms. The van der Waals surface area contributed by atoms with E-state index in [0.717, 1.165) is 35.6 Å². The minimum Gasteiger partial charge on any atom is -0.438 e. The Morgan fingerprint density at radius 3 is 2.35 bits per heavy atom. The largest absolute Gasteiger partial charge is 0.438 e. The van der Waals surface area contributed by atoms with E-state index in [1.54, 1.807) is 23.1 Å². The first-order valence-corrected chi connectivity index (χ1v) is 33.2. The molecular formula is C64H74F4N9O14PS. The van der Waals surface area contributed by atoms with Crippen molar-refractivity contribution >= 4 is 88.2 Å². The number of amides is 9. The van der Waals surface area contributed by atoms with Crippen LogP contribution in [0.1, 0.15) is 141 Å². The summed E-state index contributed by atoms with van der Waals surface area (Å²) in [5.74, 6) is -2.35. The lowest BCUT2D eigenvalue weighted by atomic mass is 9.91. The summed E-state index contributed by atoms with van der Waals surface area (Å²) >= 11 is 0.891. The second-order valence-corrected chi connectivity index (χ2v) is 27.9. The maximum absolute atomic E-state index is 15.6. The van der Waals surface area contributed by atoms with E-state index >= 15 is 8.78 Å². The van der Waals surface area contributed by atoms with Gasteiger partial charge in [0.15, 0.2) is 11.6 Å². The number of alkyl halides is 2. The van der Waals surface area contributed by atoms with Crippen LogP contribution >= 0.6 is 18.9 Å². The summed E-state index contributed by atoms with van der Waals surface area (Å²) in [6.07, 6.45) is 2.46. The van der Waals surface area contributed by atoms with Gasteiger partial charge in [0.25, 0.3) is 11.8 Å². The molecule has 6 heterocycles. The molecule has 93 heavy (non-hydrogen) atoms. The number of rotatable bonds is 21. The molecule has 2 unspecified atom stereocenters. The number of hydrogen-bond acceptors (Lipinski definition) is 15. The normalized spacial score (nSPS) is 21.1. The number of benzene rings is 3. The number of halogens is 4. The maximum atomic E-state index is 15.6. The number of ether oxygens (including phenoxy) is 1. The minimum absolute atomic E-state index is 0.00159. The highest BCUT2D eigenvalue weighted by Crippen LogP contribution is 2.63. The van der Waals surface area contributed by atoms with Crippen LogP contribution in [0.4, 0.5) is 17.6 Å². The molecule has 9 amide bonds. The number of nitrogens with one attached hydrogen (secondary N) is 4. The molecule has 5 aliphatic rings. The fourth-order valence-electron chi connectivity index (χ4n) is 12.3. The predicted octanol–water partition coefficient (Wildman–Crippen LogP) is 5.47. The van der Waals surface area contributed by atoms with Crippen molar-refractivity contribution in [1.82, 2.24) is 40.9 Å². The topological polar surface area (TPSA) is 314 Å². The Balaban J connectivity index is 0.849. The lowest BCUT2D eigenvalue weighted by molar-refractivity contribution is -0.160. The average Bonchev–Trinajstić information content (AvgIpc) is 1.54. The van der Waals surface area contributed by atoms with Crippen LogP contribution in [0.3, 0.4) is 0 Å². The molecule has 0 saturated carbocycles. The van der Waals surface area contributed by atoms with E-state index in [9.17, 15) is 66.2 Å². The molecule has 0 radical (unpaired) electrons. The number of hydrogen-bond donors (Lipinski definition) is 6. The molecule has 29 heteroatoms. The van der Waals surface area contributed by atoms with E-state index in [-0.39, 0.29) is 91.8 Å². The van der Waals surface area contributed by atoms with Crippen LogP contribution in [-0.4, -0.2) is 159 Å². The molecule has 7 atom stereocenters. The first-order valence-electron chi connectivity index (χ1n) is 30.8. The molecule has 498 valence electrons. The summed E-state index contributed by atoms with van der Waals surface area (Å²) in [7, 11) is -5.81. The fraction of sp³-hybridized carbons (Fsp3) is 0.500. The Morgan fingerprint density at radius 1 is 0.903 bits per heavy atom. The van der Waals surface area contributed by atoms with E-state index in [2.05, 4.69) is 37.6 Å². The van der Waals surface area contributed by atoms with Gasteiger partial charge < -0.3 is 50.9 Å². The van der Waals surface area contributed by atoms with Gasteiger partial charge in [-0.15, -0.1) is 11.3 Å². The van der Waals surface area contributed by atoms with Crippen molar-refractivity contribution in [1.29, 1.82) is 0 Å². The fourth-order valence-corrected chi connectivity index (χ4v) is 14.0. The number of carbonyl (C=O) groups is 10. The first-order chi connectivity index (χ1) is 44.0. The maximum Gasteiger partial charge on any atom is 0.404 e. The van der Waals surface area contributed by atoms with Gasteiger partial charge in [-0.2, -0.15) is 8.78 Å². The van der Waals surface area contributed by atoms with Crippen LogP contribution in [0.25, 0.3) is 10.1 Å². The Hall–Kier alpha value is -8.09. The number of primary amides is 1. The van der Waals surface area contributed by atoms with Crippen molar-refractivity contribution < 1.29 is 84.2 Å². The van der Waals surface area contributed by atoms with Gasteiger partial charge in [-0.3, -0.25) is 62.4 Å². The van der Waals surface area contributed by atoms with Crippen LogP contribution in [0.15, 0.2) is 60.7 Å². The number of piperidine rings is 2. The SMILES string of the molecule is CCN1CC[C@H]2CC[C@@H](C(=O)N[C@@H](CCC(N)=O)C(=O)N[C@@H](Cc3ccc(F)c(F)c3)C(=O)N3CCC(CCC#Cc4cccc5c4CN(C4CCC(=O)NC4=O)C5=O)CC3)N2C(=O)[C@@H](NC(=O)c2cc3cc(C(F)(F)P(=O)(O)OCOC(=O)C(C)(C)C)ccc3s2)C1. The van der Waals surface area contributed by atoms with Gasteiger partial charge in [-0.05, 0) is 144 Å². The number of likely N-dealkylation sites (tertiary alicyclic amines) is 1. The third kappa shape index (κ3) is 16.1. The second-order valence-electron chi connectivity index (χ2n) is 25.0. The highest BCUT2D eigenvalue weighted by molar-refractivity contribution is 7.53. The summed E-state index contributed by atoms with van der Waals surface area (Å²) in [5.41, 5.74) is 1.03. The molecule has 9 rings (SSSR count). The molecule has 4 fully saturated rings. The highest BCUT2D eigenvalue weighted by Gasteiger charge is 2.53. The average molecular weight is 1330 g/mol. The number of carbonyl (C=O) groups excluding carboxylic acids is 10. The predicted molar refractivity (Wildman–Crippen MR) is 329 cm³/mol. The molecule has 23 nitrogen and oxygen atoms in total. The zero-order chi connectivity index (χ0) is 67.3. The van der Waals surface area contributed by atoms with E-state index in [0.29, 0.717) is 73.0 Å². The van der Waals surface area contributed by atoms with Crippen molar-refractivity contribution in [3.63, 3.8) is 0 Å². The van der Waals surface area contributed by atoms with Crippen LogP contribution in [0.2, 0.25) is 0 Å². The smallest absolute Gasteiger partial charge is 0.404 e. The zero-order valence-electron chi connectivity index (χ0n) is 51.7. The third-order valence-electron chi connectivity index (χ3n) is 17.6. The Labute approximate surface area is 537 Å². The number of thiophene rings is 1. The van der Waals surface area contributed by atoms with E-state index in [1.807, 2.05) is 11.8 Å². The van der Waals surface area contributed by atoms with E-state index in [4.69, 9.17) is 10.5 Å². The summed E-state index contributed by atoms with van der Waals surface area (Å²) < 4.78 is 82.5. The number of nitrogens with zero attached hydrogens (tertiary/aromatic N) is 4. The number of esters is 1. The van der Waals surface area contributed by atoms with Crippen molar-refractivity contribution in [2.24, 2.45) is 17.1 Å². The monoisotopic (exact) mass is 1330 g/mol. The number of imide groups is 1. The molecule has 7 N–H and O–H groups in total. The van der Waals surface area contributed by atoms with Crippen molar-refractivity contribution in [3.8, 4) is 11.8 Å². The molecule has 3 aromatic carbocycles. The number of nitrogens with two attached hydrogens (primary N) is 1. The summed E-state index contributed by atoms with van der Waals surface area (Å²) in [5, 5.41) is 10.6. The minimum atomic E-state index is -5.81. The van der Waals surface area contributed by atoms with Gasteiger partial charge in [-0.1, -0.05) is 37.0 Å². The van der Waals surface area contributed by atoms with Crippen LogP contribution < -0.4 is 27.0 Å². The molecule has 4 saturated heterocycles. The van der Waals surface area contributed by atoms with E-state index in [1.165, 1.54) is 48.8 Å². The zero-order valence-corrected chi connectivity index (χ0v) is 53.4. The van der Waals surface area contributed by atoms with Crippen LogP contribution in [0.5, 0.6) is 0 Å². The van der Waals surface area contributed by atoms with Crippen molar-refractivity contribution in [3.05, 3.63) is 105 Å². The Bertz CT molecular complexity index is 3730. The van der Waals surface area contributed by atoms with Gasteiger partial charge in [0, 0.05) is 85.8 Å². The summed E-state index contributed by atoms with van der Waals surface area (Å²) in [4.78, 5) is 151. The van der Waals surface area contributed by atoms with Crippen molar-refractivity contribution in [2.75, 3.05) is 39.5 Å². The van der Waals surface area contributed by atoms with Gasteiger partial charge in [0.05, 0.1) is 10.3 Å². The Morgan fingerprint density at radius 2 is 1.66 bits per heavy atom. The third-order valence-corrected chi connectivity index (χ3v) is 20.1. The van der Waals surface area contributed by atoms with Gasteiger partial charge in [0.1, 0.15) is 30.2 Å². The molecule has 0 spiro atoms. The standard InChI is InChI=1S/C64H74F4N9O14PS/c1-5-74-26-25-41-15-18-50(77(41)61(86)48(34-74)72-58(83)52-32-39-31-40(14-20-51(39)93-52)64(67,68)92(88,89)91-35-90-62(87)63(2,3)4)57(82)70-46(17-21-53(69)78)55(80)71-47(30-37-13-16-44(65)45(66)29-37)60(85)75-27-23-36(24-28-75)9-6-7-10-38-11-8-12-42-43(38)33-76(59(42)84)49-19-22-54(79)73-56(49)81/h8,11-14,16,20,29,31-32,36,41,46-50H,5-6,9,15,17-19,21-28,30,33-35H2,1-4H3,(H2,69,78)(H,70,82)(H,71,80)(H,72,83)(H,88,89)(H,73,79,81)/t41-,46+,47+,48+,49?,50+/m1/s1. The highest BCUT2D eigenvalue weighted by atomic mass is 32.1. The van der Waals surface area contributed by atoms with Gasteiger partial charge in [-0.25, -0.2) is 8.78 Å².